The van der Waals surface area contributed by atoms with Crippen molar-refractivity contribution in [2.75, 3.05) is 0 Å². The summed E-state index contributed by atoms with van der Waals surface area (Å²) in [4.78, 5) is 10.9. The molecular weight excluding hydrogens is 186 g/mol. The fourth-order valence-electron chi connectivity index (χ4n) is 1.51. The van der Waals surface area contributed by atoms with Crippen LogP contribution in [0.1, 0.15) is 21.5 Å². The maximum atomic E-state index is 10.9. The lowest BCUT2D eigenvalue weighted by Crippen LogP contribution is -2.12. The van der Waals surface area contributed by atoms with Crippen LogP contribution in [0.25, 0.3) is 6.08 Å². The summed E-state index contributed by atoms with van der Waals surface area (Å²) in [5.74, 6) is -0.349. The Balaban J connectivity index is 0.000000845. The first-order valence-electron chi connectivity index (χ1n) is 3.87. The molecule has 1 amide bonds. The largest absolute Gasteiger partial charge is 0.366 e. The van der Waals surface area contributed by atoms with Crippen LogP contribution < -0.4 is 5.73 Å². The molecule has 1 aliphatic carbocycles. The third-order valence-corrected chi connectivity index (χ3v) is 2.08. The molecule has 2 rings (SSSR count). The number of amides is 1. The summed E-state index contributed by atoms with van der Waals surface area (Å²) >= 11 is 0. The van der Waals surface area contributed by atoms with E-state index >= 15 is 0 Å². The number of hydrogen-bond donors (Lipinski definition) is 1. The van der Waals surface area contributed by atoms with Gasteiger partial charge < -0.3 is 5.73 Å². The van der Waals surface area contributed by atoms with Gasteiger partial charge >= 0.3 is 0 Å². The first-order valence-corrected chi connectivity index (χ1v) is 3.87. The molecule has 0 saturated heterocycles. The molecule has 1 aromatic rings. The maximum absolute atomic E-state index is 10.9. The molecule has 0 spiro atoms. The molecule has 2 N–H and O–H groups in total. The van der Waals surface area contributed by atoms with Gasteiger partial charge in [-0.15, -0.1) is 12.4 Å². The SMILES string of the molecule is Cl.NC(=O)c1cccc2c1C=CC2. The Morgan fingerprint density at radius 2 is 2.15 bits per heavy atom. The van der Waals surface area contributed by atoms with Crippen LogP contribution >= 0.6 is 12.4 Å². The summed E-state index contributed by atoms with van der Waals surface area (Å²) in [6.45, 7) is 0. The van der Waals surface area contributed by atoms with E-state index in [1.54, 1.807) is 6.07 Å². The molecule has 2 nitrogen and oxygen atoms in total. The molecule has 1 aromatic carbocycles. The maximum Gasteiger partial charge on any atom is 0.249 e. The summed E-state index contributed by atoms with van der Waals surface area (Å²) in [6.07, 6.45) is 4.91. The van der Waals surface area contributed by atoms with E-state index in [0.717, 1.165) is 12.0 Å². The highest BCUT2D eigenvalue weighted by atomic mass is 35.5. The number of nitrogens with two attached hydrogens (primary N) is 1. The molecule has 0 aromatic heterocycles. The van der Waals surface area contributed by atoms with E-state index in [0.29, 0.717) is 5.56 Å². The Morgan fingerprint density at radius 3 is 2.85 bits per heavy atom. The van der Waals surface area contributed by atoms with Crippen molar-refractivity contribution >= 4 is 24.4 Å². The Morgan fingerprint density at radius 1 is 1.38 bits per heavy atom. The van der Waals surface area contributed by atoms with E-state index in [4.69, 9.17) is 5.73 Å². The minimum absolute atomic E-state index is 0. The molecule has 13 heavy (non-hydrogen) atoms. The second kappa shape index (κ2) is 3.62. The standard InChI is InChI=1S/C10H9NO.ClH/c11-10(12)9-6-2-4-7-3-1-5-8(7)9;/h1-2,4-6H,3H2,(H2,11,12);1H. The molecule has 0 unspecified atom stereocenters. The van der Waals surface area contributed by atoms with Crippen LogP contribution in [0.5, 0.6) is 0 Å². The number of halogens is 1. The van der Waals surface area contributed by atoms with Crippen LogP contribution in [-0.4, -0.2) is 5.91 Å². The monoisotopic (exact) mass is 195 g/mol. The number of rotatable bonds is 1. The number of fused-ring (bicyclic) bond motifs is 1. The first kappa shape index (κ1) is 9.81. The summed E-state index contributed by atoms with van der Waals surface area (Å²) in [6, 6.07) is 5.64. The van der Waals surface area contributed by atoms with E-state index in [9.17, 15) is 4.79 Å². The predicted molar refractivity (Wildman–Crippen MR) is 54.9 cm³/mol. The van der Waals surface area contributed by atoms with Gasteiger partial charge in [-0.1, -0.05) is 24.3 Å². The second-order valence-corrected chi connectivity index (χ2v) is 2.85. The van der Waals surface area contributed by atoms with Gasteiger partial charge in [0.1, 0.15) is 0 Å². The Bertz CT molecular complexity index is 371. The third kappa shape index (κ3) is 1.58. The van der Waals surface area contributed by atoms with Crippen LogP contribution in [0.15, 0.2) is 24.3 Å². The van der Waals surface area contributed by atoms with Gasteiger partial charge in [-0.25, -0.2) is 0 Å². The number of primary amides is 1. The molecule has 0 radical (unpaired) electrons. The molecule has 3 heteroatoms. The number of carbonyl (C=O) groups is 1. The molecule has 0 atom stereocenters. The van der Waals surface area contributed by atoms with Gasteiger partial charge in [-0.05, 0) is 23.6 Å². The summed E-state index contributed by atoms with van der Waals surface area (Å²) in [7, 11) is 0. The fraction of sp³-hybridized carbons (Fsp3) is 0.100. The first-order chi connectivity index (χ1) is 5.79. The highest BCUT2D eigenvalue weighted by Gasteiger charge is 2.11. The normalized spacial score (nSPS) is 12.0. The zero-order valence-electron chi connectivity index (χ0n) is 6.99. The highest BCUT2D eigenvalue weighted by molar-refractivity contribution is 5.97. The topological polar surface area (TPSA) is 43.1 Å². The zero-order valence-corrected chi connectivity index (χ0v) is 7.80. The third-order valence-electron chi connectivity index (χ3n) is 2.08. The molecule has 68 valence electrons. The van der Waals surface area contributed by atoms with Gasteiger partial charge in [0, 0.05) is 5.56 Å². The minimum atomic E-state index is -0.349. The Labute approximate surface area is 82.9 Å². The van der Waals surface area contributed by atoms with Crippen molar-refractivity contribution in [2.45, 2.75) is 6.42 Å². The van der Waals surface area contributed by atoms with Crippen molar-refractivity contribution in [3.8, 4) is 0 Å². The van der Waals surface area contributed by atoms with E-state index in [1.807, 2.05) is 24.3 Å². The van der Waals surface area contributed by atoms with Crippen LogP contribution in [-0.2, 0) is 6.42 Å². The van der Waals surface area contributed by atoms with Crippen LogP contribution in [0.3, 0.4) is 0 Å². The molecular formula is C10H10ClNO. The molecule has 0 aliphatic heterocycles. The van der Waals surface area contributed by atoms with Crippen molar-refractivity contribution in [2.24, 2.45) is 5.73 Å². The van der Waals surface area contributed by atoms with Crippen molar-refractivity contribution < 1.29 is 4.79 Å². The lowest BCUT2D eigenvalue weighted by Gasteiger charge is -2.02. The number of allylic oxidation sites excluding steroid dienone is 1. The molecule has 0 saturated carbocycles. The van der Waals surface area contributed by atoms with Crippen LogP contribution in [0, 0.1) is 0 Å². The van der Waals surface area contributed by atoms with E-state index in [1.165, 1.54) is 5.56 Å². The van der Waals surface area contributed by atoms with Crippen LogP contribution in [0.4, 0.5) is 0 Å². The van der Waals surface area contributed by atoms with Gasteiger partial charge in [-0.2, -0.15) is 0 Å². The minimum Gasteiger partial charge on any atom is -0.366 e. The molecule has 1 aliphatic rings. The lowest BCUT2D eigenvalue weighted by molar-refractivity contribution is 0.1000. The van der Waals surface area contributed by atoms with Gasteiger partial charge in [-0.3, -0.25) is 4.79 Å². The van der Waals surface area contributed by atoms with Gasteiger partial charge in [0.05, 0.1) is 0 Å². The molecule has 0 bridgehead atoms. The number of hydrogen-bond acceptors (Lipinski definition) is 1. The lowest BCUT2D eigenvalue weighted by atomic mass is 10.0. The highest BCUT2D eigenvalue weighted by Crippen LogP contribution is 2.22. The van der Waals surface area contributed by atoms with E-state index < -0.39 is 0 Å². The van der Waals surface area contributed by atoms with Crippen molar-refractivity contribution in [3.63, 3.8) is 0 Å². The smallest absolute Gasteiger partial charge is 0.249 e. The van der Waals surface area contributed by atoms with Gasteiger partial charge in [0.25, 0.3) is 0 Å². The van der Waals surface area contributed by atoms with Crippen molar-refractivity contribution in [1.29, 1.82) is 0 Å². The molecule has 0 heterocycles. The van der Waals surface area contributed by atoms with Gasteiger partial charge in [0.2, 0.25) is 5.91 Å². The van der Waals surface area contributed by atoms with Gasteiger partial charge in [0.15, 0.2) is 0 Å². The summed E-state index contributed by atoms with van der Waals surface area (Å²) < 4.78 is 0. The van der Waals surface area contributed by atoms with Crippen molar-refractivity contribution in [3.05, 3.63) is 41.0 Å². The summed E-state index contributed by atoms with van der Waals surface area (Å²) in [5.41, 5.74) is 8.02. The fourth-order valence-corrected chi connectivity index (χ4v) is 1.51. The average Bonchev–Trinajstić information content (AvgIpc) is 2.49. The average molecular weight is 196 g/mol. The quantitative estimate of drug-likeness (QED) is 0.730. The Hall–Kier alpha value is -1.28. The van der Waals surface area contributed by atoms with Crippen molar-refractivity contribution in [1.82, 2.24) is 0 Å². The van der Waals surface area contributed by atoms with Crippen LogP contribution in [0.2, 0.25) is 0 Å². The zero-order chi connectivity index (χ0) is 8.55. The Kier molecular flexibility index (Phi) is 2.73. The second-order valence-electron chi connectivity index (χ2n) is 2.85. The number of benzene rings is 1. The van der Waals surface area contributed by atoms with E-state index in [-0.39, 0.29) is 18.3 Å². The van der Waals surface area contributed by atoms with E-state index in [2.05, 4.69) is 0 Å². The number of carbonyl (C=O) groups excluding carboxylic acids is 1. The summed E-state index contributed by atoms with van der Waals surface area (Å²) in [5, 5.41) is 0. The molecule has 0 fully saturated rings. The predicted octanol–water partition coefficient (Wildman–Crippen LogP) is 1.78.